The molecule has 0 heterocycles. The number of rotatable bonds is 6. The number of ether oxygens (including phenoxy) is 3. The monoisotopic (exact) mass is 273 g/mol. The maximum Gasteiger partial charge on any atom is 0.161 e. The lowest BCUT2D eigenvalue weighted by Crippen LogP contribution is -2.00. The molecule has 106 valence electrons. The number of para-hydroxylation sites is 2. The fourth-order valence-corrected chi connectivity index (χ4v) is 1.89. The molecule has 0 aromatic heterocycles. The molecule has 20 heavy (non-hydrogen) atoms. The summed E-state index contributed by atoms with van der Waals surface area (Å²) in [6.45, 7) is 2.96. The predicted octanol–water partition coefficient (Wildman–Crippen LogP) is 3.26. The maximum atomic E-state index is 5.82. The average molecular weight is 273 g/mol. The van der Waals surface area contributed by atoms with E-state index in [1.165, 1.54) is 0 Å². The van der Waals surface area contributed by atoms with Crippen molar-refractivity contribution < 1.29 is 14.2 Å². The second-order valence-electron chi connectivity index (χ2n) is 4.28. The first-order chi connectivity index (χ1) is 9.72. The van der Waals surface area contributed by atoms with Crippen LogP contribution in [-0.2, 0) is 6.61 Å². The van der Waals surface area contributed by atoms with Crippen molar-refractivity contribution in [3.8, 4) is 17.2 Å². The molecule has 0 aliphatic rings. The van der Waals surface area contributed by atoms with Crippen molar-refractivity contribution in [3.05, 3.63) is 48.0 Å². The van der Waals surface area contributed by atoms with Crippen LogP contribution in [0.15, 0.2) is 42.5 Å². The van der Waals surface area contributed by atoms with Crippen molar-refractivity contribution in [1.29, 1.82) is 0 Å². The van der Waals surface area contributed by atoms with E-state index in [-0.39, 0.29) is 0 Å². The lowest BCUT2D eigenvalue weighted by molar-refractivity contribution is 0.269. The number of hydrogen-bond acceptors (Lipinski definition) is 4. The summed E-state index contributed by atoms with van der Waals surface area (Å²) in [6.07, 6.45) is 0. The first-order valence-corrected chi connectivity index (χ1v) is 6.51. The van der Waals surface area contributed by atoms with Gasteiger partial charge in [0.1, 0.15) is 12.4 Å². The summed E-state index contributed by atoms with van der Waals surface area (Å²) in [6, 6.07) is 13.1. The van der Waals surface area contributed by atoms with Gasteiger partial charge in [-0.05, 0) is 36.8 Å². The van der Waals surface area contributed by atoms with Crippen molar-refractivity contribution in [2.24, 2.45) is 0 Å². The molecule has 0 saturated heterocycles. The molecule has 0 fully saturated rings. The second kappa shape index (κ2) is 6.70. The van der Waals surface area contributed by atoms with E-state index in [0.29, 0.717) is 18.9 Å². The Morgan fingerprint density at radius 1 is 1.00 bits per heavy atom. The third-order valence-corrected chi connectivity index (χ3v) is 2.77. The number of methoxy groups -OCH3 is 1. The van der Waals surface area contributed by atoms with Crippen LogP contribution in [-0.4, -0.2) is 13.7 Å². The molecule has 0 unspecified atom stereocenters. The van der Waals surface area contributed by atoms with Gasteiger partial charge in [-0.2, -0.15) is 0 Å². The minimum absolute atomic E-state index is 0.408. The van der Waals surface area contributed by atoms with Gasteiger partial charge in [-0.3, -0.25) is 0 Å². The molecule has 0 atom stereocenters. The van der Waals surface area contributed by atoms with Crippen LogP contribution in [0.5, 0.6) is 17.2 Å². The standard InChI is InChI=1S/C16H19NO3/c1-3-19-15-6-4-5-7-16(15)20-11-12-8-13(17)10-14(9-12)18-2/h4-10H,3,11,17H2,1-2H3. The van der Waals surface area contributed by atoms with Crippen LogP contribution in [0, 0.1) is 0 Å². The second-order valence-corrected chi connectivity index (χ2v) is 4.28. The summed E-state index contributed by atoms with van der Waals surface area (Å²) in [5, 5.41) is 0. The van der Waals surface area contributed by atoms with Gasteiger partial charge < -0.3 is 19.9 Å². The highest BCUT2D eigenvalue weighted by atomic mass is 16.5. The van der Waals surface area contributed by atoms with Crippen molar-refractivity contribution in [1.82, 2.24) is 0 Å². The van der Waals surface area contributed by atoms with Gasteiger partial charge in [0, 0.05) is 11.8 Å². The molecule has 0 radical (unpaired) electrons. The van der Waals surface area contributed by atoms with Gasteiger partial charge in [-0.1, -0.05) is 12.1 Å². The normalized spacial score (nSPS) is 10.1. The molecule has 2 aromatic rings. The number of benzene rings is 2. The van der Waals surface area contributed by atoms with E-state index in [0.717, 1.165) is 22.8 Å². The number of nitrogen functional groups attached to an aromatic ring is 1. The Morgan fingerprint density at radius 2 is 1.70 bits per heavy atom. The van der Waals surface area contributed by atoms with Crippen molar-refractivity contribution in [2.75, 3.05) is 19.5 Å². The number of hydrogen-bond donors (Lipinski definition) is 1. The van der Waals surface area contributed by atoms with Gasteiger partial charge >= 0.3 is 0 Å². The molecule has 2 aromatic carbocycles. The molecular weight excluding hydrogens is 254 g/mol. The third kappa shape index (κ3) is 3.57. The van der Waals surface area contributed by atoms with E-state index in [1.54, 1.807) is 13.2 Å². The highest BCUT2D eigenvalue weighted by Gasteiger charge is 2.05. The van der Waals surface area contributed by atoms with E-state index < -0.39 is 0 Å². The first kappa shape index (κ1) is 14.1. The molecule has 0 aliphatic heterocycles. The fourth-order valence-electron chi connectivity index (χ4n) is 1.89. The van der Waals surface area contributed by atoms with E-state index >= 15 is 0 Å². The smallest absolute Gasteiger partial charge is 0.161 e. The van der Waals surface area contributed by atoms with Crippen molar-refractivity contribution in [3.63, 3.8) is 0 Å². The Bertz CT molecular complexity index is 569. The Balaban J connectivity index is 2.10. The minimum atomic E-state index is 0.408. The Hall–Kier alpha value is -2.36. The molecule has 4 heteroatoms. The van der Waals surface area contributed by atoms with E-state index in [2.05, 4.69) is 0 Å². The molecule has 0 aliphatic carbocycles. The lowest BCUT2D eigenvalue weighted by Gasteiger charge is -2.12. The zero-order chi connectivity index (χ0) is 14.4. The quantitative estimate of drug-likeness (QED) is 0.821. The van der Waals surface area contributed by atoms with Crippen LogP contribution >= 0.6 is 0 Å². The Kier molecular flexibility index (Phi) is 4.71. The topological polar surface area (TPSA) is 53.7 Å². The molecule has 0 spiro atoms. The van der Waals surface area contributed by atoms with E-state index in [1.807, 2.05) is 43.3 Å². The van der Waals surface area contributed by atoms with Crippen LogP contribution in [0.1, 0.15) is 12.5 Å². The summed E-state index contributed by atoms with van der Waals surface area (Å²) in [4.78, 5) is 0. The summed E-state index contributed by atoms with van der Waals surface area (Å²) in [5.74, 6) is 2.18. The summed E-state index contributed by atoms with van der Waals surface area (Å²) in [5.41, 5.74) is 7.43. The molecule has 2 rings (SSSR count). The van der Waals surface area contributed by atoms with Gasteiger partial charge in [-0.15, -0.1) is 0 Å². The summed E-state index contributed by atoms with van der Waals surface area (Å²) < 4.78 is 16.5. The minimum Gasteiger partial charge on any atom is -0.497 e. The van der Waals surface area contributed by atoms with E-state index in [4.69, 9.17) is 19.9 Å². The summed E-state index contributed by atoms with van der Waals surface area (Å²) in [7, 11) is 1.61. The SMILES string of the molecule is CCOc1ccccc1OCc1cc(N)cc(OC)c1. The fraction of sp³-hybridized carbons (Fsp3) is 0.250. The molecule has 0 saturated carbocycles. The van der Waals surface area contributed by atoms with Gasteiger partial charge in [0.15, 0.2) is 11.5 Å². The third-order valence-electron chi connectivity index (χ3n) is 2.77. The van der Waals surface area contributed by atoms with Crippen LogP contribution in [0.3, 0.4) is 0 Å². The van der Waals surface area contributed by atoms with Crippen molar-refractivity contribution in [2.45, 2.75) is 13.5 Å². The molecule has 4 nitrogen and oxygen atoms in total. The average Bonchev–Trinajstić information content (AvgIpc) is 2.46. The number of anilines is 1. The Labute approximate surface area is 119 Å². The highest BCUT2D eigenvalue weighted by molar-refractivity contribution is 5.47. The first-order valence-electron chi connectivity index (χ1n) is 6.51. The lowest BCUT2D eigenvalue weighted by atomic mass is 10.2. The summed E-state index contributed by atoms with van der Waals surface area (Å²) >= 11 is 0. The maximum absolute atomic E-state index is 5.82. The van der Waals surface area contributed by atoms with Crippen LogP contribution < -0.4 is 19.9 Å². The van der Waals surface area contributed by atoms with Gasteiger partial charge in [0.25, 0.3) is 0 Å². The highest BCUT2D eigenvalue weighted by Crippen LogP contribution is 2.28. The number of nitrogens with two attached hydrogens (primary N) is 1. The van der Waals surface area contributed by atoms with Gasteiger partial charge in [0.05, 0.1) is 13.7 Å². The molecule has 0 amide bonds. The molecule has 2 N–H and O–H groups in total. The van der Waals surface area contributed by atoms with E-state index in [9.17, 15) is 0 Å². The van der Waals surface area contributed by atoms with Gasteiger partial charge in [0.2, 0.25) is 0 Å². The largest absolute Gasteiger partial charge is 0.497 e. The van der Waals surface area contributed by atoms with Gasteiger partial charge in [-0.25, -0.2) is 0 Å². The van der Waals surface area contributed by atoms with Crippen LogP contribution in [0.2, 0.25) is 0 Å². The molecular formula is C16H19NO3. The predicted molar refractivity (Wildman–Crippen MR) is 79.3 cm³/mol. The van der Waals surface area contributed by atoms with Crippen LogP contribution in [0.4, 0.5) is 5.69 Å². The zero-order valence-electron chi connectivity index (χ0n) is 11.8. The molecule has 0 bridgehead atoms. The zero-order valence-corrected chi connectivity index (χ0v) is 11.8. The van der Waals surface area contributed by atoms with Crippen LogP contribution in [0.25, 0.3) is 0 Å². The Morgan fingerprint density at radius 3 is 2.35 bits per heavy atom. The van der Waals surface area contributed by atoms with Crippen molar-refractivity contribution >= 4 is 5.69 Å².